The third-order valence-electron chi connectivity index (χ3n) is 6.27. The van der Waals surface area contributed by atoms with Crippen LogP contribution >= 0.6 is 15.2 Å². The lowest BCUT2D eigenvalue weighted by Crippen LogP contribution is -2.26. The van der Waals surface area contributed by atoms with E-state index in [2.05, 4.69) is 0 Å². The summed E-state index contributed by atoms with van der Waals surface area (Å²) in [6.45, 7) is 12.0. The fraction of sp³-hybridized carbons (Fsp3) is 0.621. The van der Waals surface area contributed by atoms with Gasteiger partial charge < -0.3 is 24.2 Å². The van der Waals surface area contributed by atoms with Crippen LogP contribution in [0.25, 0.3) is 5.57 Å². The molecule has 0 saturated heterocycles. The molecule has 2 N–H and O–H groups in total. The number of esters is 2. The number of benzene rings is 1. The lowest BCUT2D eigenvalue weighted by Gasteiger charge is -2.27. The zero-order valence-electron chi connectivity index (χ0n) is 26.6. The molecule has 1 aromatic carbocycles. The minimum Gasteiger partial charge on any atom is -0.438 e. The van der Waals surface area contributed by atoms with E-state index in [1.807, 2.05) is 43.1 Å². The van der Waals surface area contributed by atoms with Crippen molar-refractivity contribution < 1.29 is 51.8 Å². The van der Waals surface area contributed by atoms with Crippen LogP contribution in [0.3, 0.4) is 0 Å². The van der Waals surface area contributed by atoms with E-state index in [-0.39, 0.29) is 18.6 Å². The molecular formula is C29H47NO11P2. The Bertz CT molecular complexity index is 1200. The second-order valence-corrected chi connectivity index (χ2v) is 16.8. The Morgan fingerprint density at radius 2 is 1.35 bits per heavy atom. The molecule has 0 amide bonds. The number of hydrogen-bond donors (Lipinski definition) is 2. The monoisotopic (exact) mass is 647 g/mol. The Labute approximate surface area is 254 Å². The van der Waals surface area contributed by atoms with Gasteiger partial charge in [-0.3, -0.25) is 32.6 Å². The summed E-state index contributed by atoms with van der Waals surface area (Å²) in [5.74, 6) is -1.42. The van der Waals surface area contributed by atoms with Crippen LogP contribution in [-0.2, 0) is 37.2 Å². The molecule has 244 valence electrons. The summed E-state index contributed by atoms with van der Waals surface area (Å²) < 4.78 is 46.0. The number of Topliss-reactive ketones (excluding diaryl/α,β-unsaturated/α-hetero) is 1. The molecule has 14 heteroatoms. The molecule has 1 rings (SSSR count). The summed E-state index contributed by atoms with van der Waals surface area (Å²) in [6, 6.07) is 7.27. The quantitative estimate of drug-likeness (QED) is 0.0956. The second-order valence-electron chi connectivity index (χ2n) is 12.4. The van der Waals surface area contributed by atoms with Crippen molar-refractivity contribution in [3.8, 4) is 0 Å². The van der Waals surface area contributed by atoms with E-state index in [1.165, 1.54) is 6.92 Å². The van der Waals surface area contributed by atoms with E-state index in [1.54, 1.807) is 47.6 Å². The number of nitrogens with zero attached hydrogens (tertiary/aromatic N) is 1. The molecule has 1 aromatic rings. The Kier molecular flexibility index (Phi) is 14.7. The first-order valence-electron chi connectivity index (χ1n) is 13.8. The molecule has 0 radical (unpaired) electrons. The van der Waals surface area contributed by atoms with Crippen LogP contribution in [0.4, 0.5) is 0 Å². The van der Waals surface area contributed by atoms with E-state index in [0.717, 1.165) is 11.1 Å². The van der Waals surface area contributed by atoms with Crippen LogP contribution in [0.2, 0.25) is 0 Å². The molecule has 2 atom stereocenters. The number of hydrogen-bond acceptors (Lipinski definition) is 10. The topological polar surface area (TPSA) is 166 Å². The normalized spacial score (nSPS) is 16.2. The van der Waals surface area contributed by atoms with Gasteiger partial charge in [0.25, 0.3) is 0 Å². The average molecular weight is 648 g/mol. The van der Waals surface area contributed by atoms with E-state index in [4.69, 9.17) is 18.5 Å². The van der Waals surface area contributed by atoms with Crippen molar-refractivity contribution in [3.05, 3.63) is 41.5 Å². The first-order valence-corrected chi connectivity index (χ1v) is 17.1. The predicted molar refractivity (Wildman–Crippen MR) is 163 cm³/mol. The molecule has 0 saturated carbocycles. The van der Waals surface area contributed by atoms with Crippen molar-refractivity contribution >= 4 is 38.5 Å². The third-order valence-corrected chi connectivity index (χ3v) is 11.0. The van der Waals surface area contributed by atoms with Gasteiger partial charge in [-0.05, 0) is 99.0 Å². The van der Waals surface area contributed by atoms with Gasteiger partial charge in [0.1, 0.15) is 0 Å². The lowest BCUT2D eigenvalue weighted by atomic mass is 9.98. The number of ketones is 1. The number of rotatable bonds is 16. The predicted octanol–water partition coefficient (Wildman–Crippen LogP) is 5.83. The summed E-state index contributed by atoms with van der Waals surface area (Å²) in [7, 11) is -7.96. The van der Waals surface area contributed by atoms with Gasteiger partial charge in [-0.1, -0.05) is 24.3 Å². The van der Waals surface area contributed by atoms with Gasteiger partial charge in [-0.15, -0.1) is 0 Å². The summed E-state index contributed by atoms with van der Waals surface area (Å²) in [6.07, 6.45) is 1.89. The highest BCUT2D eigenvalue weighted by atomic mass is 31.2. The molecule has 0 fully saturated rings. The van der Waals surface area contributed by atoms with E-state index in [0.29, 0.717) is 18.7 Å². The Morgan fingerprint density at radius 3 is 1.79 bits per heavy atom. The van der Waals surface area contributed by atoms with Crippen LogP contribution < -0.4 is 0 Å². The van der Waals surface area contributed by atoms with E-state index >= 15 is 0 Å². The zero-order chi connectivity index (χ0) is 33.2. The first kappa shape index (κ1) is 38.9. The molecule has 2 unspecified atom stereocenters. The van der Waals surface area contributed by atoms with Crippen molar-refractivity contribution in [2.24, 2.45) is 10.8 Å². The fourth-order valence-electron chi connectivity index (χ4n) is 3.46. The molecule has 0 aliphatic carbocycles. The number of allylic oxidation sites excluding steroid dienone is 1. The van der Waals surface area contributed by atoms with Gasteiger partial charge in [-0.2, -0.15) is 0 Å². The molecular weight excluding hydrogens is 600 g/mol. The number of carbonyl (C=O) groups excluding carboxylic acids is 3. The molecule has 0 heterocycles. The Hall–Kier alpha value is -2.17. The van der Waals surface area contributed by atoms with Gasteiger partial charge in [0.05, 0.1) is 10.8 Å². The standard InChI is InChI=1S/C29H47NO11P2/c1-21(23-12-10-13-24(18-23)22(2)31)15-17-30(9)16-11-14-25(42(34,35)40-19-38-26(32)28(3,4)5)43(36,37)41-20-39-27(33)29(6,7)8/h10,12-13,15,18,25H,11,14,16-17,19-20H2,1-9H3,(H,34,35)(H,36,37)/b21-15+. The fourth-order valence-corrected chi connectivity index (χ4v) is 7.10. The van der Waals surface area contributed by atoms with Crippen molar-refractivity contribution in [2.45, 2.75) is 73.6 Å². The maximum absolute atomic E-state index is 13.1. The van der Waals surface area contributed by atoms with E-state index < -0.39 is 56.9 Å². The van der Waals surface area contributed by atoms with Crippen LogP contribution in [-0.4, -0.2) is 71.5 Å². The Balaban J connectivity index is 2.95. The maximum Gasteiger partial charge on any atom is 0.346 e. The largest absolute Gasteiger partial charge is 0.438 e. The smallest absolute Gasteiger partial charge is 0.346 e. The summed E-state index contributed by atoms with van der Waals surface area (Å²) in [5.41, 5.74) is 0.656. The first-order chi connectivity index (χ1) is 19.6. The highest BCUT2D eigenvalue weighted by Crippen LogP contribution is 2.67. The number of likely N-dealkylation sites (N-methyl/N-ethyl adjacent to an activating group) is 1. The third kappa shape index (κ3) is 13.6. The SMILES string of the molecule is CC(=O)c1cccc(/C(C)=C/CN(C)CCCC(P(=O)(O)OCOC(=O)C(C)(C)C)P(=O)(O)OCOC(=O)C(C)(C)C)c1. The van der Waals surface area contributed by atoms with E-state index in [9.17, 15) is 33.3 Å². The van der Waals surface area contributed by atoms with Gasteiger partial charge in [-0.25, -0.2) is 0 Å². The highest BCUT2D eigenvalue weighted by Gasteiger charge is 2.47. The van der Waals surface area contributed by atoms with Crippen LogP contribution in [0, 0.1) is 10.8 Å². The lowest BCUT2D eigenvalue weighted by molar-refractivity contribution is -0.160. The van der Waals surface area contributed by atoms with Gasteiger partial charge in [0.2, 0.25) is 13.6 Å². The Morgan fingerprint density at radius 1 is 0.884 bits per heavy atom. The molecule has 0 aliphatic heterocycles. The molecule has 12 nitrogen and oxygen atoms in total. The number of ether oxygens (including phenoxy) is 2. The highest BCUT2D eigenvalue weighted by molar-refractivity contribution is 7.71. The summed E-state index contributed by atoms with van der Waals surface area (Å²) in [4.78, 5) is 59.0. The average Bonchev–Trinajstić information content (AvgIpc) is 2.88. The van der Waals surface area contributed by atoms with Crippen molar-refractivity contribution in [3.63, 3.8) is 0 Å². The molecule has 0 bridgehead atoms. The number of carbonyl (C=O) groups is 3. The van der Waals surface area contributed by atoms with Crippen LogP contribution in [0.5, 0.6) is 0 Å². The van der Waals surface area contributed by atoms with Gasteiger partial charge in [0, 0.05) is 12.1 Å². The molecule has 0 aliphatic rings. The zero-order valence-corrected chi connectivity index (χ0v) is 28.4. The van der Waals surface area contributed by atoms with Gasteiger partial charge in [0.15, 0.2) is 11.2 Å². The van der Waals surface area contributed by atoms with Crippen LogP contribution in [0.15, 0.2) is 30.3 Å². The minimum atomic E-state index is -4.89. The van der Waals surface area contributed by atoms with Crippen LogP contribution in [0.1, 0.15) is 84.2 Å². The van der Waals surface area contributed by atoms with Crippen molar-refractivity contribution in [1.82, 2.24) is 4.90 Å². The molecule has 0 aromatic heterocycles. The van der Waals surface area contributed by atoms with Crippen molar-refractivity contribution in [1.29, 1.82) is 0 Å². The minimum absolute atomic E-state index is 0.0312. The summed E-state index contributed by atoms with van der Waals surface area (Å²) >= 11 is 0. The maximum atomic E-state index is 13.1. The molecule has 0 spiro atoms. The van der Waals surface area contributed by atoms with Crippen molar-refractivity contribution in [2.75, 3.05) is 33.7 Å². The molecule has 43 heavy (non-hydrogen) atoms. The second kappa shape index (κ2) is 16.2. The summed E-state index contributed by atoms with van der Waals surface area (Å²) in [5, 5.41) is -1.90. The van der Waals surface area contributed by atoms with Gasteiger partial charge >= 0.3 is 27.1 Å².